The lowest BCUT2D eigenvalue weighted by atomic mass is 9.69. The maximum atomic E-state index is 13.5. The van der Waals surface area contributed by atoms with E-state index in [1.165, 1.54) is 30.3 Å². The van der Waals surface area contributed by atoms with Crippen LogP contribution in [0.1, 0.15) is 59.7 Å². The SMILES string of the molecule is Cc1nc(CSc2ccccc2C(=O)NCC2(c3ccc(F)cc3)CCCCC2)no1. The first-order valence-corrected chi connectivity index (χ1v) is 11.6. The first kappa shape index (κ1) is 21.6. The van der Waals surface area contributed by atoms with E-state index in [4.69, 9.17) is 4.52 Å². The Labute approximate surface area is 185 Å². The van der Waals surface area contributed by atoms with Gasteiger partial charge < -0.3 is 9.84 Å². The molecule has 7 heteroatoms. The molecule has 4 rings (SSSR count). The van der Waals surface area contributed by atoms with Crippen molar-refractivity contribution in [2.45, 2.75) is 55.1 Å². The maximum absolute atomic E-state index is 13.5. The fourth-order valence-electron chi connectivity index (χ4n) is 4.27. The topological polar surface area (TPSA) is 68.0 Å². The summed E-state index contributed by atoms with van der Waals surface area (Å²) in [7, 11) is 0. The molecule has 1 saturated carbocycles. The van der Waals surface area contributed by atoms with Crippen molar-refractivity contribution in [3.63, 3.8) is 0 Å². The van der Waals surface area contributed by atoms with E-state index in [1.807, 2.05) is 36.4 Å². The van der Waals surface area contributed by atoms with Crippen LogP contribution in [0.2, 0.25) is 0 Å². The number of hydrogen-bond acceptors (Lipinski definition) is 5. The van der Waals surface area contributed by atoms with E-state index in [1.54, 1.807) is 6.92 Å². The Morgan fingerprint density at radius 3 is 2.58 bits per heavy atom. The van der Waals surface area contributed by atoms with Gasteiger partial charge in [0.1, 0.15) is 5.82 Å². The summed E-state index contributed by atoms with van der Waals surface area (Å²) in [5, 5.41) is 7.09. The van der Waals surface area contributed by atoms with Crippen molar-refractivity contribution in [2.75, 3.05) is 6.54 Å². The quantitative estimate of drug-likeness (QED) is 0.497. The molecule has 1 aliphatic rings. The second kappa shape index (κ2) is 9.64. The molecule has 0 bridgehead atoms. The van der Waals surface area contributed by atoms with E-state index >= 15 is 0 Å². The number of halogens is 1. The van der Waals surface area contributed by atoms with E-state index in [9.17, 15) is 9.18 Å². The second-order valence-corrected chi connectivity index (χ2v) is 9.06. The summed E-state index contributed by atoms with van der Waals surface area (Å²) < 4.78 is 18.5. The molecule has 1 fully saturated rings. The van der Waals surface area contributed by atoms with Crippen LogP contribution < -0.4 is 5.32 Å². The van der Waals surface area contributed by atoms with Gasteiger partial charge in [0.05, 0.1) is 11.3 Å². The number of rotatable bonds is 7. The monoisotopic (exact) mass is 439 g/mol. The molecular formula is C24H26FN3O2S. The Morgan fingerprint density at radius 1 is 1.13 bits per heavy atom. The average molecular weight is 440 g/mol. The molecule has 0 spiro atoms. The third-order valence-corrected chi connectivity index (χ3v) is 6.98. The van der Waals surface area contributed by atoms with Gasteiger partial charge in [-0.2, -0.15) is 4.98 Å². The Hall–Kier alpha value is -2.67. The molecule has 0 unspecified atom stereocenters. The Kier molecular flexibility index (Phi) is 6.70. The van der Waals surface area contributed by atoms with E-state index < -0.39 is 0 Å². The lowest BCUT2D eigenvalue weighted by molar-refractivity contribution is 0.0933. The van der Waals surface area contributed by atoms with Crippen molar-refractivity contribution in [1.29, 1.82) is 0 Å². The van der Waals surface area contributed by atoms with Crippen LogP contribution in [0.15, 0.2) is 57.9 Å². The molecule has 162 valence electrons. The summed E-state index contributed by atoms with van der Waals surface area (Å²) >= 11 is 1.51. The van der Waals surface area contributed by atoms with Crippen molar-refractivity contribution in [3.05, 3.63) is 77.2 Å². The minimum Gasteiger partial charge on any atom is -0.351 e. The number of carbonyl (C=O) groups excluding carboxylic acids is 1. The number of carbonyl (C=O) groups is 1. The van der Waals surface area contributed by atoms with Crippen molar-refractivity contribution < 1.29 is 13.7 Å². The van der Waals surface area contributed by atoms with E-state index in [-0.39, 0.29) is 17.1 Å². The number of aromatic nitrogens is 2. The molecule has 3 aromatic rings. The summed E-state index contributed by atoms with van der Waals surface area (Å²) in [6, 6.07) is 14.3. The number of nitrogens with one attached hydrogen (secondary N) is 1. The number of benzene rings is 2. The fourth-order valence-corrected chi connectivity index (χ4v) is 5.16. The molecule has 5 nitrogen and oxygen atoms in total. The summed E-state index contributed by atoms with van der Waals surface area (Å²) in [5.41, 5.74) is 1.59. The van der Waals surface area contributed by atoms with Crippen LogP contribution in [0, 0.1) is 12.7 Å². The second-order valence-electron chi connectivity index (χ2n) is 8.05. The van der Waals surface area contributed by atoms with Crippen LogP contribution in [0.4, 0.5) is 4.39 Å². The molecular weight excluding hydrogens is 413 g/mol. The summed E-state index contributed by atoms with van der Waals surface area (Å²) in [5.74, 6) is 1.33. The number of amides is 1. The van der Waals surface area contributed by atoms with Crippen LogP contribution >= 0.6 is 11.8 Å². The van der Waals surface area contributed by atoms with Crippen LogP contribution in [0.5, 0.6) is 0 Å². The zero-order valence-corrected chi connectivity index (χ0v) is 18.4. The van der Waals surface area contributed by atoms with Crippen molar-refractivity contribution in [2.24, 2.45) is 0 Å². The molecule has 0 saturated heterocycles. The highest BCUT2D eigenvalue weighted by molar-refractivity contribution is 7.98. The van der Waals surface area contributed by atoms with E-state index in [2.05, 4.69) is 15.5 Å². The van der Waals surface area contributed by atoms with E-state index in [0.29, 0.717) is 29.6 Å². The highest BCUT2D eigenvalue weighted by Crippen LogP contribution is 2.39. The van der Waals surface area contributed by atoms with Crippen LogP contribution in [-0.4, -0.2) is 22.6 Å². The molecule has 1 aromatic heterocycles. The maximum Gasteiger partial charge on any atom is 0.252 e. The lowest BCUT2D eigenvalue weighted by Crippen LogP contribution is -2.42. The lowest BCUT2D eigenvalue weighted by Gasteiger charge is -2.38. The number of thioether (sulfide) groups is 1. The van der Waals surface area contributed by atoms with Crippen LogP contribution in [-0.2, 0) is 11.2 Å². The Morgan fingerprint density at radius 2 is 1.87 bits per heavy atom. The predicted octanol–water partition coefficient (Wildman–Crippen LogP) is 5.44. The van der Waals surface area contributed by atoms with Gasteiger partial charge in [0.2, 0.25) is 5.89 Å². The van der Waals surface area contributed by atoms with Gasteiger partial charge in [0.15, 0.2) is 5.82 Å². The highest BCUT2D eigenvalue weighted by atomic mass is 32.2. The van der Waals surface area contributed by atoms with E-state index in [0.717, 1.165) is 36.1 Å². The predicted molar refractivity (Wildman–Crippen MR) is 119 cm³/mol. The third kappa shape index (κ3) is 5.15. The summed E-state index contributed by atoms with van der Waals surface area (Å²) in [4.78, 5) is 18.2. The first-order chi connectivity index (χ1) is 15.1. The smallest absolute Gasteiger partial charge is 0.252 e. The van der Waals surface area contributed by atoms with Gasteiger partial charge >= 0.3 is 0 Å². The zero-order valence-electron chi connectivity index (χ0n) is 17.6. The molecule has 1 amide bonds. The van der Waals surface area contributed by atoms with Crippen molar-refractivity contribution in [3.8, 4) is 0 Å². The molecule has 1 heterocycles. The molecule has 31 heavy (non-hydrogen) atoms. The largest absolute Gasteiger partial charge is 0.351 e. The van der Waals surface area contributed by atoms with Crippen molar-refractivity contribution in [1.82, 2.24) is 15.5 Å². The third-order valence-electron chi connectivity index (χ3n) is 5.91. The van der Waals surface area contributed by atoms with Crippen LogP contribution in [0.3, 0.4) is 0 Å². The minimum absolute atomic E-state index is 0.0977. The van der Waals surface area contributed by atoms with Gasteiger partial charge in [0.25, 0.3) is 5.91 Å². The molecule has 2 aromatic carbocycles. The minimum atomic E-state index is -0.235. The molecule has 1 aliphatic carbocycles. The first-order valence-electron chi connectivity index (χ1n) is 10.6. The standard InChI is InChI=1S/C24H26FN3O2S/c1-17-27-22(28-30-17)15-31-21-8-4-3-7-20(21)23(29)26-16-24(13-5-2-6-14-24)18-9-11-19(25)12-10-18/h3-4,7-12H,2,5-6,13-16H2,1H3,(H,26,29). The fraction of sp³-hybridized carbons (Fsp3) is 0.375. The number of nitrogens with zero attached hydrogens (tertiary/aromatic N) is 2. The molecule has 0 atom stereocenters. The van der Waals surface area contributed by atoms with Gasteiger partial charge in [-0.25, -0.2) is 4.39 Å². The Bertz CT molecular complexity index is 1030. The van der Waals surface area contributed by atoms with Crippen molar-refractivity contribution >= 4 is 17.7 Å². The normalized spacial score (nSPS) is 15.5. The summed E-state index contributed by atoms with van der Waals surface area (Å²) in [6.45, 7) is 2.30. The Balaban J connectivity index is 1.47. The van der Waals surface area contributed by atoms with Gasteiger partial charge in [-0.3, -0.25) is 4.79 Å². The van der Waals surface area contributed by atoms with Gasteiger partial charge in [-0.05, 0) is 42.7 Å². The number of hydrogen-bond donors (Lipinski definition) is 1. The summed E-state index contributed by atoms with van der Waals surface area (Å²) in [6.07, 6.45) is 5.42. The number of aryl methyl sites for hydroxylation is 1. The molecule has 0 radical (unpaired) electrons. The average Bonchev–Trinajstić information content (AvgIpc) is 3.22. The highest BCUT2D eigenvalue weighted by Gasteiger charge is 2.34. The molecule has 0 aliphatic heterocycles. The van der Waals surface area contributed by atoms with Gasteiger partial charge in [-0.15, -0.1) is 11.8 Å². The zero-order chi connectivity index (χ0) is 21.7. The van der Waals surface area contributed by atoms with Gasteiger partial charge in [0, 0.05) is 23.8 Å². The van der Waals surface area contributed by atoms with Crippen LogP contribution in [0.25, 0.3) is 0 Å². The molecule has 1 N–H and O–H groups in total. The van der Waals surface area contributed by atoms with Gasteiger partial charge in [-0.1, -0.05) is 48.7 Å².